The van der Waals surface area contributed by atoms with Gasteiger partial charge in [0.15, 0.2) is 0 Å². The molecule has 0 spiro atoms. The Hall–Kier alpha value is -2.37. The molecule has 1 heterocycles. The molecule has 0 amide bonds. The Bertz CT molecular complexity index is 956. The van der Waals surface area contributed by atoms with E-state index >= 15 is 0 Å². The molecule has 1 saturated heterocycles. The van der Waals surface area contributed by atoms with Crippen LogP contribution in [0.2, 0.25) is 0 Å². The van der Waals surface area contributed by atoms with Crippen molar-refractivity contribution in [3.05, 3.63) is 54.1 Å². The van der Waals surface area contributed by atoms with Crippen molar-refractivity contribution in [2.45, 2.75) is 59.5 Å². The molecular formula is C31H42O5. The Morgan fingerprint density at radius 1 is 1.00 bits per heavy atom. The predicted octanol–water partition coefficient (Wildman–Crippen LogP) is 6.79. The van der Waals surface area contributed by atoms with Crippen LogP contribution in [0.15, 0.2) is 48.5 Å². The van der Waals surface area contributed by atoms with Crippen molar-refractivity contribution < 1.29 is 23.7 Å². The molecule has 1 aliphatic heterocycles. The minimum absolute atomic E-state index is 0.0128. The highest BCUT2D eigenvalue weighted by molar-refractivity contribution is 5.90. The summed E-state index contributed by atoms with van der Waals surface area (Å²) < 4.78 is 23.0. The van der Waals surface area contributed by atoms with Gasteiger partial charge < -0.3 is 18.9 Å². The van der Waals surface area contributed by atoms with E-state index in [0.29, 0.717) is 36.5 Å². The van der Waals surface area contributed by atoms with E-state index in [9.17, 15) is 4.79 Å². The average molecular weight is 495 g/mol. The molecule has 0 radical (unpaired) electrons. The van der Waals surface area contributed by atoms with Crippen molar-refractivity contribution in [1.82, 2.24) is 0 Å². The van der Waals surface area contributed by atoms with Gasteiger partial charge in [-0.2, -0.15) is 0 Å². The monoisotopic (exact) mass is 494 g/mol. The van der Waals surface area contributed by atoms with Crippen molar-refractivity contribution >= 4 is 5.97 Å². The number of hydrogen-bond acceptors (Lipinski definition) is 5. The summed E-state index contributed by atoms with van der Waals surface area (Å²) >= 11 is 0. The van der Waals surface area contributed by atoms with Crippen molar-refractivity contribution in [2.24, 2.45) is 23.2 Å². The number of carbonyl (C=O) groups excluding carboxylic acids is 1. The van der Waals surface area contributed by atoms with E-state index in [0.717, 1.165) is 56.0 Å². The minimum Gasteiger partial charge on any atom is -0.491 e. The summed E-state index contributed by atoms with van der Waals surface area (Å²) in [4.78, 5) is 12.9. The number of benzene rings is 2. The van der Waals surface area contributed by atoms with Gasteiger partial charge in [-0.05, 0) is 72.4 Å². The first kappa shape index (κ1) is 26.7. The summed E-state index contributed by atoms with van der Waals surface area (Å²) in [6, 6.07) is 15.7. The highest BCUT2D eigenvalue weighted by atomic mass is 16.5. The molecule has 5 nitrogen and oxygen atoms in total. The lowest BCUT2D eigenvalue weighted by Gasteiger charge is -2.40. The molecule has 196 valence electrons. The number of esters is 1. The summed E-state index contributed by atoms with van der Waals surface area (Å²) in [7, 11) is 0. The molecule has 0 bridgehead atoms. The molecule has 3 atom stereocenters. The fraction of sp³-hybridized carbons (Fsp3) is 0.581. The van der Waals surface area contributed by atoms with Crippen LogP contribution in [0.25, 0.3) is 11.1 Å². The van der Waals surface area contributed by atoms with Crippen molar-refractivity contribution in [3.8, 4) is 16.9 Å². The number of hydrogen-bond donors (Lipinski definition) is 0. The lowest BCUT2D eigenvalue weighted by atomic mass is 9.75. The van der Waals surface area contributed by atoms with Gasteiger partial charge in [-0.25, -0.2) is 4.79 Å². The van der Waals surface area contributed by atoms with E-state index in [1.165, 1.54) is 6.42 Å². The van der Waals surface area contributed by atoms with Gasteiger partial charge in [-0.15, -0.1) is 0 Å². The topological polar surface area (TPSA) is 54.0 Å². The Morgan fingerprint density at radius 2 is 1.67 bits per heavy atom. The van der Waals surface area contributed by atoms with Gasteiger partial charge in [0, 0.05) is 5.41 Å². The van der Waals surface area contributed by atoms with Crippen LogP contribution in [0.5, 0.6) is 5.75 Å². The van der Waals surface area contributed by atoms with Gasteiger partial charge in [0.1, 0.15) is 18.5 Å². The zero-order chi connectivity index (χ0) is 25.5. The van der Waals surface area contributed by atoms with E-state index in [1.807, 2.05) is 48.5 Å². The predicted molar refractivity (Wildman–Crippen MR) is 142 cm³/mol. The third kappa shape index (κ3) is 6.68. The summed E-state index contributed by atoms with van der Waals surface area (Å²) in [5, 5.41) is 0. The maximum absolute atomic E-state index is 12.9. The van der Waals surface area contributed by atoms with Crippen molar-refractivity contribution in [1.29, 1.82) is 0 Å². The summed E-state index contributed by atoms with van der Waals surface area (Å²) in [5.74, 6) is 2.18. The number of rotatable bonds is 11. The van der Waals surface area contributed by atoms with Crippen LogP contribution >= 0.6 is 0 Å². The Labute approximate surface area is 216 Å². The molecule has 4 rings (SSSR count). The maximum Gasteiger partial charge on any atom is 0.338 e. The largest absolute Gasteiger partial charge is 0.491 e. The van der Waals surface area contributed by atoms with Gasteiger partial charge in [-0.3, -0.25) is 0 Å². The van der Waals surface area contributed by atoms with Crippen LogP contribution in [-0.2, 0) is 14.2 Å². The van der Waals surface area contributed by atoms with E-state index in [1.54, 1.807) is 0 Å². The maximum atomic E-state index is 12.9. The first-order chi connectivity index (χ1) is 17.4. The lowest BCUT2D eigenvalue weighted by molar-refractivity contribution is -0.151. The highest BCUT2D eigenvalue weighted by Gasteiger charge is 2.37. The molecule has 1 aliphatic carbocycles. The van der Waals surface area contributed by atoms with Gasteiger partial charge in [-0.1, -0.05) is 58.4 Å². The number of carbonyl (C=O) groups is 1. The van der Waals surface area contributed by atoms with E-state index in [4.69, 9.17) is 18.9 Å². The zero-order valence-electron chi connectivity index (χ0n) is 22.3. The second-order valence-corrected chi connectivity index (χ2v) is 11.1. The minimum atomic E-state index is -0.216. The Kier molecular flexibility index (Phi) is 9.08. The van der Waals surface area contributed by atoms with E-state index in [2.05, 4.69) is 27.7 Å². The fourth-order valence-corrected chi connectivity index (χ4v) is 5.29. The third-order valence-corrected chi connectivity index (χ3v) is 8.00. The third-order valence-electron chi connectivity index (χ3n) is 8.00. The summed E-state index contributed by atoms with van der Waals surface area (Å²) in [6.07, 6.45) is 4.41. The van der Waals surface area contributed by atoms with Crippen LogP contribution < -0.4 is 4.74 Å². The zero-order valence-corrected chi connectivity index (χ0v) is 22.3. The summed E-state index contributed by atoms with van der Waals surface area (Å²) in [6.45, 7) is 12.3. The molecule has 0 N–H and O–H groups in total. The molecule has 2 fully saturated rings. The molecule has 0 aromatic heterocycles. The first-order valence-electron chi connectivity index (χ1n) is 13.6. The van der Waals surface area contributed by atoms with Gasteiger partial charge in [0.25, 0.3) is 0 Å². The second kappa shape index (κ2) is 12.2. The van der Waals surface area contributed by atoms with Crippen LogP contribution in [-0.4, -0.2) is 45.1 Å². The Balaban J connectivity index is 1.25. The van der Waals surface area contributed by atoms with E-state index < -0.39 is 0 Å². The molecular weight excluding hydrogens is 452 g/mol. The smallest absolute Gasteiger partial charge is 0.338 e. The quantitative estimate of drug-likeness (QED) is 0.254. The highest BCUT2D eigenvalue weighted by Crippen LogP contribution is 2.36. The van der Waals surface area contributed by atoms with Crippen LogP contribution in [0.3, 0.4) is 0 Å². The van der Waals surface area contributed by atoms with Crippen LogP contribution in [0.4, 0.5) is 0 Å². The first-order valence-corrected chi connectivity index (χ1v) is 13.6. The van der Waals surface area contributed by atoms with Gasteiger partial charge in [0.2, 0.25) is 0 Å². The molecule has 5 heteroatoms. The normalized spacial score (nSPS) is 23.2. The molecule has 2 aromatic carbocycles. The molecule has 2 aliphatic rings. The lowest BCUT2D eigenvalue weighted by Crippen LogP contribution is -2.45. The number of ether oxygens (including phenoxy) is 4. The van der Waals surface area contributed by atoms with Crippen molar-refractivity contribution in [3.63, 3.8) is 0 Å². The van der Waals surface area contributed by atoms with E-state index in [-0.39, 0.29) is 17.5 Å². The van der Waals surface area contributed by atoms with Crippen LogP contribution in [0, 0.1) is 23.2 Å². The Morgan fingerprint density at radius 3 is 2.25 bits per heavy atom. The van der Waals surface area contributed by atoms with Gasteiger partial charge in [0.05, 0.1) is 32.0 Å². The van der Waals surface area contributed by atoms with Crippen molar-refractivity contribution in [2.75, 3.05) is 33.0 Å². The van der Waals surface area contributed by atoms with Crippen LogP contribution in [0.1, 0.15) is 63.7 Å². The SMILES string of the molecule is CCC1(COCCOc2ccc(-c3ccc(C(=O)OC4CC(C)CCC4C(C)C)cc3)cc2)COC1. The molecule has 36 heavy (non-hydrogen) atoms. The second-order valence-electron chi connectivity index (χ2n) is 11.1. The molecule has 1 saturated carbocycles. The molecule has 3 unspecified atom stereocenters. The molecule has 2 aromatic rings. The average Bonchev–Trinajstić information content (AvgIpc) is 2.85. The van der Waals surface area contributed by atoms with Gasteiger partial charge >= 0.3 is 5.97 Å². The fourth-order valence-electron chi connectivity index (χ4n) is 5.29. The standard InChI is InChI=1S/C31H42O5/c1-5-31(20-34-21-31)19-33-16-17-35-27-13-11-25(12-14-27)24-7-9-26(10-8-24)30(32)36-29-18-23(4)6-15-28(29)22(2)3/h7-14,22-23,28-29H,5-6,15-21H2,1-4H3. The summed E-state index contributed by atoms with van der Waals surface area (Å²) in [5.41, 5.74) is 2.95.